The standard InChI is InChI=1S/C34H46N6O9S/c1-19-17-34(19,32(43)39-50(45,46)25-10-11-25)38-29(41)27-16-24(49-30-26-12-9-23(48-4)15-21(26)13-14-35-30)18-40(27)31(42)28(20(2)47-3)37-33(44)36-22-7-5-6-8-22/h9,12-15,19-20,22,24-25,27-28H,5-8,10-11,16-18H2,1-4H3,(H,38,41)(H,39,43)(H2,36,37,44)/t19-,20+,24-,27+,28+,34-/m1/s1. The summed E-state index contributed by atoms with van der Waals surface area (Å²) in [6, 6.07) is 4.47. The van der Waals surface area contributed by atoms with Crippen molar-refractivity contribution in [1.29, 1.82) is 0 Å². The van der Waals surface area contributed by atoms with Crippen LogP contribution in [0.3, 0.4) is 0 Å². The molecule has 272 valence electrons. The maximum Gasteiger partial charge on any atom is 0.315 e. The van der Waals surface area contributed by atoms with Gasteiger partial charge in [0, 0.05) is 31.2 Å². The second kappa shape index (κ2) is 14.2. The molecule has 5 amide bonds. The quantitative estimate of drug-likeness (QED) is 0.238. The predicted octanol–water partition coefficient (Wildman–Crippen LogP) is 1.74. The van der Waals surface area contributed by atoms with Gasteiger partial charge in [-0.25, -0.2) is 18.2 Å². The van der Waals surface area contributed by atoms with Crippen molar-refractivity contribution in [3.05, 3.63) is 30.5 Å². The Labute approximate surface area is 291 Å². The third-order valence-corrected chi connectivity index (χ3v) is 12.2. The van der Waals surface area contributed by atoms with Crippen molar-refractivity contribution in [2.75, 3.05) is 20.8 Å². The zero-order chi connectivity index (χ0) is 35.8. The largest absolute Gasteiger partial charge is 0.497 e. The third kappa shape index (κ3) is 7.45. The minimum atomic E-state index is -3.85. The second-order valence-corrected chi connectivity index (χ2v) is 15.9. The van der Waals surface area contributed by atoms with E-state index in [2.05, 4.69) is 25.7 Å². The Hall–Kier alpha value is -4.18. The molecule has 4 aliphatic rings. The van der Waals surface area contributed by atoms with Crippen molar-refractivity contribution < 1.29 is 41.8 Å². The van der Waals surface area contributed by atoms with Gasteiger partial charge in [-0.3, -0.25) is 19.1 Å². The molecule has 4 fully saturated rings. The summed E-state index contributed by atoms with van der Waals surface area (Å²) in [5.74, 6) is -1.37. The molecular weight excluding hydrogens is 668 g/mol. The normalized spacial score (nSPS) is 26.2. The summed E-state index contributed by atoms with van der Waals surface area (Å²) >= 11 is 0. The van der Waals surface area contributed by atoms with E-state index in [0.29, 0.717) is 29.9 Å². The summed E-state index contributed by atoms with van der Waals surface area (Å²) in [5.41, 5.74) is -1.44. The molecule has 1 aromatic heterocycles. The lowest BCUT2D eigenvalue weighted by Crippen LogP contribution is -2.61. The number of sulfonamides is 1. The first-order valence-electron chi connectivity index (χ1n) is 17.2. The number of aromatic nitrogens is 1. The van der Waals surface area contributed by atoms with Crippen LogP contribution >= 0.6 is 0 Å². The van der Waals surface area contributed by atoms with Crippen molar-refractivity contribution in [2.24, 2.45) is 5.92 Å². The Morgan fingerprint density at radius 3 is 2.42 bits per heavy atom. The number of likely N-dealkylation sites (tertiary alicyclic amines) is 1. The van der Waals surface area contributed by atoms with E-state index in [1.807, 2.05) is 18.2 Å². The van der Waals surface area contributed by atoms with E-state index < -0.39 is 68.9 Å². The summed E-state index contributed by atoms with van der Waals surface area (Å²) in [5, 5.41) is 9.40. The molecule has 50 heavy (non-hydrogen) atoms. The van der Waals surface area contributed by atoms with Crippen LogP contribution in [0.15, 0.2) is 30.5 Å². The average Bonchev–Trinajstić information content (AvgIpc) is 3.95. The van der Waals surface area contributed by atoms with Gasteiger partial charge in [0.15, 0.2) is 0 Å². The van der Waals surface area contributed by atoms with Crippen molar-refractivity contribution in [2.45, 2.75) is 106 Å². The Kier molecular flexibility index (Phi) is 10.1. The van der Waals surface area contributed by atoms with Crippen LogP contribution in [0.1, 0.15) is 65.2 Å². The number of methoxy groups -OCH3 is 2. The maximum absolute atomic E-state index is 14.3. The molecule has 0 unspecified atom stereocenters. The summed E-state index contributed by atoms with van der Waals surface area (Å²) in [7, 11) is -0.855. The molecule has 4 N–H and O–H groups in total. The number of carbonyl (C=O) groups is 4. The zero-order valence-corrected chi connectivity index (χ0v) is 29.6. The van der Waals surface area contributed by atoms with Gasteiger partial charge in [0.1, 0.15) is 29.5 Å². The molecule has 6 rings (SSSR count). The third-order valence-electron chi connectivity index (χ3n) is 10.4. The molecule has 1 saturated heterocycles. The highest BCUT2D eigenvalue weighted by Gasteiger charge is 2.61. The van der Waals surface area contributed by atoms with Gasteiger partial charge >= 0.3 is 6.03 Å². The van der Waals surface area contributed by atoms with Gasteiger partial charge in [0.25, 0.3) is 5.91 Å². The van der Waals surface area contributed by atoms with Crippen LogP contribution in [0.4, 0.5) is 4.79 Å². The summed E-state index contributed by atoms with van der Waals surface area (Å²) in [6.07, 6.45) is 5.09. The van der Waals surface area contributed by atoms with Gasteiger partial charge in [-0.15, -0.1) is 0 Å². The Bertz CT molecular complexity index is 1750. The Morgan fingerprint density at radius 1 is 1.06 bits per heavy atom. The Morgan fingerprint density at radius 2 is 1.78 bits per heavy atom. The molecule has 0 spiro atoms. The lowest BCUT2D eigenvalue weighted by molar-refractivity contribution is -0.143. The van der Waals surface area contributed by atoms with Gasteiger partial charge < -0.3 is 35.1 Å². The van der Waals surface area contributed by atoms with Gasteiger partial charge in [-0.05, 0) is 74.6 Å². The topological polar surface area (TPSA) is 194 Å². The van der Waals surface area contributed by atoms with Crippen LogP contribution in [0.25, 0.3) is 10.8 Å². The molecule has 2 aromatic rings. The number of pyridine rings is 1. The van der Waals surface area contributed by atoms with Crippen molar-refractivity contribution in [1.82, 2.24) is 30.6 Å². The fourth-order valence-electron chi connectivity index (χ4n) is 6.97. The number of urea groups is 1. The molecule has 3 saturated carbocycles. The van der Waals surface area contributed by atoms with Crippen molar-refractivity contribution in [3.8, 4) is 11.6 Å². The lowest BCUT2D eigenvalue weighted by atomic mass is 10.1. The number of nitrogens with one attached hydrogen (secondary N) is 4. The SMILES string of the molecule is COc1ccc2c(O[C@@H]3C[C@@H](C(=O)N[C@]4(C(=O)NS(=O)(=O)C5CC5)C[C@H]4C)N(C(=O)[C@@H](NC(=O)NC4CCCC4)[C@H](C)OC)C3)nccc2c1. The average molecular weight is 715 g/mol. The first-order valence-corrected chi connectivity index (χ1v) is 18.8. The van der Waals surface area contributed by atoms with E-state index in [1.54, 1.807) is 33.2 Å². The van der Waals surface area contributed by atoms with Crippen LogP contribution in [0.2, 0.25) is 0 Å². The van der Waals surface area contributed by atoms with Gasteiger partial charge in [-0.2, -0.15) is 0 Å². The van der Waals surface area contributed by atoms with Crippen LogP contribution < -0.4 is 30.1 Å². The van der Waals surface area contributed by atoms with E-state index in [-0.39, 0.29) is 31.3 Å². The van der Waals surface area contributed by atoms with E-state index in [0.717, 1.165) is 31.1 Å². The van der Waals surface area contributed by atoms with Gasteiger partial charge in [-0.1, -0.05) is 19.8 Å². The molecule has 0 bridgehead atoms. The highest BCUT2D eigenvalue weighted by Crippen LogP contribution is 2.44. The molecule has 1 aliphatic heterocycles. The monoisotopic (exact) mass is 714 g/mol. The minimum Gasteiger partial charge on any atom is -0.497 e. The first-order chi connectivity index (χ1) is 23.8. The number of nitrogens with zero attached hydrogens (tertiary/aromatic N) is 2. The number of hydrogen-bond donors (Lipinski definition) is 4. The molecule has 16 heteroatoms. The van der Waals surface area contributed by atoms with Crippen LogP contribution in [-0.4, -0.2) is 104 Å². The number of hydrogen-bond acceptors (Lipinski definition) is 10. The van der Waals surface area contributed by atoms with E-state index >= 15 is 0 Å². The highest BCUT2D eigenvalue weighted by molar-refractivity contribution is 7.91. The highest BCUT2D eigenvalue weighted by atomic mass is 32.2. The number of fused-ring (bicyclic) bond motifs is 1. The van der Waals surface area contributed by atoms with Crippen LogP contribution in [0.5, 0.6) is 11.6 Å². The molecule has 1 aromatic carbocycles. The van der Waals surface area contributed by atoms with E-state index in [9.17, 15) is 27.6 Å². The van der Waals surface area contributed by atoms with E-state index in [4.69, 9.17) is 14.2 Å². The summed E-state index contributed by atoms with van der Waals surface area (Å²) in [4.78, 5) is 60.6. The fourth-order valence-corrected chi connectivity index (χ4v) is 8.34. The smallest absolute Gasteiger partial charge is 0.315 e. The zero-order valence-electron chi connectivity index (χ0n) is 28.8. The van der Waals surface area contributed by atoms with Crippen molar-refractivity contribution >= 4 is 44.5 Å². The minimum absolute atomic E-state index is 0.00598. The number of rotatable bonds is 13. The van der Waals surface area contributed by atoms with Crippen LogP contribution in [-0.2, 0) is 29.1 Å². The predicted molar refractivity (Wildman–Crippen MR) is 182 cm³/mol. The molecule has 3 aliphatic carbocycles. The summed E-state index contributed by atoms with van der Waals surface area (Å²) in [6.45, 7) is 3.36. The molecule has 15 nitrogen and oxygen atoms in total. The number of benzene rings is 1. The Balaban J connectivity index is 1.25. The van der Waals surface area contributed by atoms with Crippen LogP contribution in [0, 0.1) is 5.92 Å². The number of amides is 5. The van der Waals surface area contributed by atoms with Crippen molar-refractivity contribution in [3.63, 3.8) is 0 Å². The van der Waals surface area contributed by atoms with Gasteiger partial charge in [0.05, 0.1) is 25.0 Å². The number of ether oxygens (including phenoxy) is 3. The van der Waals surface area contributed by atoms with Gasteiger partial charge in [0.2, 0.25) is 27.7 Å². The maximum atomic E-state index is 14.3. The molecule has 0 radical (unpaired) electrons. The second-order valence-electron chi connectivity index (χ2n) is 13.9. The lowest BCUT2D eigenvalue weighted by Gasteiger charge is -2.32. The molecule has 2 heterocycles. The fraction of sp³-hybridized carbons (Fsp3) is 0.618. The molecular formula is C34H46N6O9S. The number of carbonyl (C=O) groups excluding carboxylic acids is 4. The molecule has 6 atom stereocenters. The summed E-state index contributed by atoms with van der Waals surface area (Å²) < 4.78 is 44.6. The first kappa shape index (κ1) is 35.6. The van der Waals surface area contributed by atoms with E-state index in [1.165, 1.54) is 12.0 Å².